The molecule has 0 aromatic heterocycles. The fourth-order valence-electron chi connectivity index (χ4n) is 2.72. The van der Waals surface area contributed by atoms with Crippen LogP contribution in [0, 0.1) is 11.6 Å². The number of unbranched alkanes of at least 4 members (excludes halogenated alkanes) is 1. The molecule has 6 heteroatoms. The summed E-state index contributed by atoms with van der Waals surface area (Å²) in [5.74, 6) is -2.47. The van der Waals surface area contributed by atoms with Gasteiger partial charge in [0.1, 0.15) is 5.75 Å². The van der Waals surface area contributed by atoms with Crippen molar-refractivity contribution in [3.8, 4) is 11.5 Å². The highest BCUT2D eigenvalue weighted by atomic mass is 19.3. The third kappa shape index (κ3) is 6.43. The highest BCUT2D eigenvalue weighted by molar-refractivity contribution is 5.31. The molecule has 0 fully saturated rings. The highest BCUT2D eigenvalue weighted by Crippen LogP contribution is 2.29. The molecule has 0 bridgehead atoms. The Labute approximate surface area is 163 Å². The molecule has 0 saturated heterocycles. The topological polar surface area (TPSA) is 18.5 Å². The molecule has 0 atom stereocenters. The molecule has 2 rings (SSSR count). The van der Waals surface area contributed by atoms with Gasteiger partial charge in [-0.05, 0) is 48.6 Å². The summed E-state index contributed by atoms with van der Waals surface area (Å²) >= 11 is 0. The average molecular weight is 398 g/mol. The molecule has 0 unspecified atom stereocenters. The van der Waals surface area contributed by atoms with E-state index in [-0.39, 0.29) is 30.1 Å². The number of ether oxygens (including phenoxy) is 2. The molecule has 2 nitrogen and oxygen atoms in total. The summed E-state index contributed by atoms with van der Waals surface area (Å²) in [4.78, 5) is 0. The Kier molecular flexibility index (Phi) is 8.15. The van der Waals surface area contributed by atoms with Gasteiger partial charge >= 0.3 is 6.11 Å². The number of rotatable bonds is 11. The first-order valence-electron chi connectivity index (χ1n) is 9.61. The summed E-state index contributed by atoms with van der Waals surface area (Å²) in [7, 11) is 0. The molecule has 0 aliphatic rings. The summed E-state index contributed by atoms with van der Waals surface area (Å²) in [5.41, 5.74) is 0.902. The van der Waals surface area contributed by atoms with Crippen LogP contribution in [0.15, 0.2) is 36.4 Å². The lowest BCUT2D eigenvalue weighted by Gasteiger charge is -2.18. The SMILES string of the molecule is CCCCOc1ccc(CCC(F)(F)Oc2ccc(CCC)cc2)c(F)c1F. The minimum atomic E-state index is -3.49. The molecule has 0 heterocycles. The predicted octanol–water partition coefficient (Wildman–Crippen LogP) is 6.70. The van der Waals surface area contributed by atoms with Gasteiger partial charge in [0.15, 0.2) is 11.6 Å². The van der Waals surface area contributed by atoms with Crippen molar-refractivity contribution in [3.63, 3.8) is 0 Å². The van der Waals surface area contributed by atoms with E-state index >= 15 is 0 Å². The fourth-order valence-corrected chi connectivity index (χ4v) is 2.72. The van der Waals surface area contributed by atoms with Crippen molar-refractivity contribution in [2.24, 2.45) is 0 Å². The summed E-state index contributed by atoms with van der Waals surface area (Å²) in [6, 6.07) is 9.00. The lowest BCUT2D eigenvalue weighted by Crippen LogP contribution is -2.25. The first-order valence-corrected chi connectivity index (χ1v) is 9.61. The van der Waals surface area contributed by atoms with Crippen molar-refractivity contribution < 1.29 is 27.0 Å². The van der Waals surface area contributed by atoms with Crippen LogP contribution in [-0.2, 0) is 12.8 Å². The van der Waals surface area contributed by atoms with Crippen LogP contribution in [0.3, 0.4) is 0 Å². The van der Waals surface area contributed by atoms with Crippen molar-refractivity contribution in [2.75, 3.05) is 6.61 Å². The van der Waals surface area contributed by atoms with Crippen LogP contribution < -0.4 is 9.47 Å². The number of hydrogen-bond acceptors (Lipinski definition) is 2. The molecule has 28 heavy (non-hydrogen) atoms. The molecular weight excluding hydrogens is 372 g/mol. The van der Waals surface area contributed by atoms with Crippen LogP contribution in [0.5, 0.6) is 11.5 Å². The van der Waals surface area contributed by atoms with Crippen molar-refractivity contribution in [1.29, 1.82) is 0 Å². The van der Waals surface area contributed by atoms with E-state index in [0.29, 0.717) is 6.42 Å². The van der Waals surface area contributed by atoms with Crippen molar-refractivity contribution in [2.45, 2.75) is 58.5 Å². The minimum Gasteiger partial charge on any atom is -0.490 e. The summed E-state index contributed by atoms with van der Waals surface area (Å²) in [5, 5.41) is 0. The van der Waals surface area contributed by atoms with E-state index < -0.39 is 24.2 Å². The zero-order valence-corrected chi connectivity index (χ0v) is 16.2. The zero-order valence-electron chi connectivity index (χ0n) is 16.2. The molecule has 0 aliphatic heterocycles. The van der Waals surface area contributed by atoms with Crippen molar-refractivity contribution >= 4 is 0 Å². The smallest absolute Gasteiger partial charge is 0.398 e. The second-order valence-corrected chi connectivity index (χ2v) is 6.69. The third-order valence-corrected chi connectivity index (χ3v) is 4.30. The molecule has 0 radical (unpaired) electrons. The largest absolute Gasteiger partial charge is 0.490 e. The monoisotopic (exact) mass is 398 g/mol. The third-order valence-electron chi connectivity index (χ3n) is 4.30. The number of hydrogen-bond donors (Lipinski definition) is 0. The van der Waals surface area contributed by atoms with E-state index in [0.717, 1.165) is 24.8 Å². The first kappa shape index (κ1) is 22.1. The van der Waals surface area contributed by atoms with Gasteiger partial charge in [0.25, 0.3) is 0 Å². The van der Waals surface area contributed by atoms with Gasteiger partial charge in [0.2, 0.25) is 5.82 Å². The first-order chi connectivity index (χ1) is 13.4. The standard InChI is InChI=1S/C22H26F4O2/c1-3-5-15-27-19-12-9-17(20(23)21(19)24)13-14-22(25,26)28-18-10-7-16(6-4-2)8-11-18/h7-12H,3-6,13-15H2,1-2H3. The van der Waals surface area contributed by atoms with Crippen LogP contribution in [0.1, 0.15) is 50.7 Å². The van der Waals surface area contributed by atoms with Crippen LogP contribution in [0.25, 0.3) is 0 Å². The van der Waals surface area contributed by atoms with E-state index in [2.05, 4.69) is 0 Å². The van der Waals surface area contributed by atoms with Crippen molar-refractivity contribution in [1.82, 2.24) is 0 Å². The van der Waals surface area contributed by atoms with Gasteiger partial charge in [0, 0.05) is 0 Å². The minimum absolute atomic E-state index is 0.0381. The van der Waals surface area contributed by atoms with E-state index in [9.17, 15) is 17.6 Å². The molecule has 0 saturated carbocycles. The Hall–Kier alpha value is -2.24. The van der Waals surface area contributed by atoms with E-state index in [4.69, 9.17) is 9.47 Å². The Morgan fingerprint density at radius 3 is 2.21 bits per heavy atom. The van der Waals surface area contributed by atoms with Crippen LogP contribution in [-0.4, -0.2) is 12.7 Å². The lowest BCUT2D eigenvalue weighted by atomic mass is 10.1. The predicted molar refractivity (Wildman–Crippen MR) is 101 cm³/mol. The molecule has 0 spiro atoms. The normalized spacial score (nSPS) is 11.5. The van der Waals surface area contributed by atoms with Gasteiger partial charge in [-0.1, -0.05) is 44.9 Å². The molecular formula is C22H26F4O2. The zero-order chi connectivity index (χ0) is 20.6. The maximum Gasteiger partial charge on any atom is 0.398 e. The van der Waals surface area contributed by atoms with Gasteiger partial charge in [-0.15, -0.1) is 0 Å². The van der Waals surface area contributed by atoms with Crippen LogP contribution in [0.2, 0.25) is 0 Å². The van der Waals surface area contributed by atoms with Crippen LogP contribution >= 0.6 is 0 Å². The number of alkyl halides is 2. The molecule has 0 N–H and O–H groups in total. The van der Waals surface area contributed by atoms with Gasteiger partial charge in [-0.25, -0.2) is 4.39 Å². The lowest BCUT2D eigenvalue weighted by molar-refractivity contribution is -0.180. The van der Waals surface area contributed by atoms with Gasteiger partial charge in [0.05, 0.1) is 13.0 Å². The molecule has 0 amide bonds. The Morgan fingerprint density at radius 1 is 0.857 bits per heavy atom. The van der Waals surface area contributed by atoms with E-state index in [1.54, 1.807) is 12.1 Å². The summed E-state index contributed by atoms with van der Waals surface area (Å²) in [6.45, 7) is 4.25. The molecule has 2 aromatic rings. The van der Waals surface area contributed by atoms with Crippen molar-refractivity contribution in [3.05, 3.63) is 59.2 Å². The maximum absolute atomic E-state index is 14.1. The van der Waals surface area contributed by atoms with Gasteiger partial charge in [-0.3, -0.25) is 0 Å². The summed E-state index contributed by atoms with van der Waals surface area (Å²) in [6.07, 6.45) is -1.23. The summed E-state index contributed by atoms with van der Waals surface area (Å²) < 4.78 is 66.3. The Bertz CT molecular complexity index is 745. The maximum atomic E-state index is 14.1. The quantitative estimate of drug-likeness (QED) is 0.310. The van der Waals surface area contributed by atoms with E-state index in [1.807, 2.05) is 13.8 Å². The van der Waals surface area contributed by atoms with Crippen LogP contribution in [0.4, 0.5) is 17.6 Å². The molecule has 2 aromatic carbocycles. The fraction of sp³-hybridized carbons (Fsp3) is 0.455. The molecule has 154 valence electrons. The van der Waals surface area contributed by atoms with Gasteiger partial charge < -0.3 is 9.47 Å². The second-order valence-electron chi connectivity index (χ2n) is 6.69. The number of aryl methyl sites for hydroxylation is 2. The Balaban J connectivity index is 1.96. The highest BCUT2D eigenvalue weighted by Gasteiger charge is 2.32. The number of halogens is 4. The second kappa shape index (κ2) is 10.3. The Morgan fingerprint density at radius 2 is 1.57 bits per heavy atom. The number of benzene rings is 2. The molecule has 0 aliphatic carbocycles. The van der Waals surface area contributed by atoms with E-state index in [1.165, 1.54) is 24.3 Å². The van der Waals surface area contributed by atoms with Gasteiger partial charge in [-0.2, -0.15) is 13.2 Å². The average Bonchev–Trinajstić information content (AvgIpc) is 2.66.